The number of carbonyl (C=O) groups is 2. The van der Waals surface area contributed by atoms with E-state index in [1.165, 1.54) is 12.3 Å². The molecule has 116 valence electrons. The minimum Gasteiger partial charge on any atom is -0.444 e. The van der Waals surface area contributed by atoms with Gasteiger partial charge in [0.15, 0.2) is 0 Å². The third-order valence-corrected chi connectivity index (χ3v) is 2.48. The number of nitrogen functional groups attached to an aromatic ring is 1. The van der Waals surface area contributed by atoms with E-state index < -0.39 is 17.6 Å². The van der Waals surface area contributed by atoms with Crippen molar-refractivity contribution in [1.29, 1.82) is 0 Å². The highest BCUT2D eigenvalue weighted by Gasteiger charge is 2.16. The molecule has 1 heterocycles. The summed E-state index contributed by atoms with van der Waals surface area (Å²) in [5.74, 6) is -0.411. The average Bonchev–Trinajstić information content (AvgIpc) is 2.35. The van der Waals surface area contributed by atoms with Crippen molar-refractivity contribution < 1.29 is 14.3 Å². The number of ether oxygens (including phenoxy) is 1. The van der Waals surface area contributed by atoms with Gasteiger partial charge in [0.2, 0.25) is 0 Å². The number of pyridine rings is 1. The van der Waals surface area contributed by atoms with Gasteiger partial charge in [-0.3, -0.25) is 4.79 Å². The smallest absolute Gasteiger partial charge is 0.407 e. The summed E-state index contributed by atoms with van der Waals surface area (Å²) in [6, 6.07) is 1.44. The van der Waals surface area contributed by atoms with Crippen LogP contribution in [0.3, 0.4) is 0 Å². The van der Waals surface area contributed by atoms with Crippen LogP contribution in [0.1, 0.15) is 31.1 Å². The van der Waals surface area contributed by atoms with Gasteiger partial charge in [-0.2, -0.15) is 0 Å². The summed E-state index contributed by atoms with van der Waals surface area (Å²) in [6.45, 7) is 5.76. The molecule has 4 N–H and O–H groups in total. The van der Waals surface area contributed by atoms with Crippen LogP contribution in [0.15, 0.2) is 12.3 Å². The van der Waals surface area contributed by atoms with Gasteiger partial charge in [-0.15, -0.1) is 0 Å². The van der Waals surface area contributed by atoms with Gasteiger partial charge in [-0.05, 0) is 26.8 Å². The van der Waals surface area contributed by atoms with Crippen LogP contribution < -0.4 is 16.4 Å². The zero-order valence-corrected chi connectivity index (χ0v) is 13.0. The third-order valence-electron chi connectivity index (χ3n) is 2.18. The van der Waals surface area contributed by atoms with E-state index in [2.05, 4.69) is 15.6 Å². The first kappa shape index (κ1) is 17.0. The van der Waals surface area contributed by atoms with Gasteiger partial charge < -0.3 is 21.1 Å². The van der Waals surface area contributed by atoms with E-state index in [1.54, 1.807) is 20.8 Å². The lowest BCUT2D eigenvalue weighted by molar-refractivity contribution is 0.0526. The summed E-state index contributed by atoms with van der Waals surface area (Å²) in [5.41, 5.74) is 5.52. The first-order valence-electron chi connectivity index (χ1n) is 6.35. The molecule has 0 saturated carbocycles. The number of halogens is 1. The summed E-state index contributed by atoms with van der Waals surface area (Å²) in [5, 5.41) is 5.19. The van der Waals surface area contributed by atoms with E-state index in [1.807, 2.05) is 0 Å². The van der Waals surface area contributed by atoms with E-state index in [0.29, 0.717) is 5.69 Å². The number of rotatable bonds is 4. The Hall–Kier alpha value is -2.02. The molecule has 0 unspecified atom stereocenters. The standard InChI is InChI=1S/C13H19ClN4O3/c1-13(2,3)21-12(20)17-5-4-16-11(19)9-6-8(15)7-18-10(9)14/h6-7H,4-5,15H2,1-3H3,(H,16,19)(H,17,20). The maximum Gasteiger partial charge on any atom is 0.407 e. The highest BCUT2D eigenvalue weighted by molar-refractivity contribution is 6.32. The van der Waals surface area contributed by atoms with Crippen LogP contribution in [0.25, 0.3) is 0 Å². The van der Waals surface area contributed by atoms with Crippen LogP contribution >= 0.6 is 11.6 Å². The Balaban J connectivity index is 2.38. The number of carbonyl (C=O) groups excluding carboxylic acids is 2. The summed E-state index contributed by atoms with van der Waals surface area (Å²) < 4.78 is 5.05. The van der Waals surface area contributed by atoms with E-state index in [0.717, 1.165) is 0 Å². The monoisotopic (exact) mass is 314 g/mol. The van der Waals surface area contributed by atoms with Crippen LogP contribution in [0, 0.1) is 0 Å². The fourth-order valence-corrected chi connectivity index (χ4v) is 1.56. The minimum atomic E-state index is -0.561. The van der Waals surface area contributed by atoms with Gasteiger partial charge in [-0.1, -0.05) is 11.6 Å². The quantitative estimate of drug-likeness (QED) is 0.578. The number of nitrogens with zero attached hydrogens (tertiary/aromatic N) is 1. The number of hydrogen-bond acceptors (Lipinski definition) is 5. The number of nitrogens with one attached hydrogen (secondary N) is 2. The summed E-state index contributed by atoms with van der Waals surface area (Å²) in [7, 11) is 0. The molecule has 7 nitrogen and oxygen atoms in total. The maximum atomic E-state index is 11.9. The van der Waals surface area contributed by atoms with Crippen molar-refractivity contribution in [3.05, 3.63) is 23.0 Å². The van der Waals surface area contributed by atoms with Crippen LogP contribution in [-0.2, 0) is 4.74 Å². The Labute approximate surface area is 128 Å². The van der Waals surface area contributed by atoms with Crippen molar-refractivity contribution >= 4 is 29.3 Å². The first-order chi connectivity index (χ1) is 9.69. The van der Waals surface area contributed by atoms with E-state index in [-0.39, 0.29) is 23.8 Å². The zero-order valence-electron chi connectivity index (χ0n) is 12.2. The molecule has 21 heavy (non-hydrogen) atoms. The number of hydrogen-bond donors (Lipinski definition) is 3. The van der Waals surface area contributed by atoms with Gasteiger partial charge in [0.1, 0.15) is 10.8 Å². The zero-order chi connectivity index (χ0) is 16.0. The predicted octanol–water partition coefficient (Wildman–Crippen LogP) is 1.57. The molecule has 0 radical (unpaired) electrons. The molecule has 0 aromatic carbocycles. The molecule has 1 aromatic heterocycles. The maximum absolute atomic E-state index is 11.9. The summed E-state index contributed by atoms with van der Waals surface area (Å²) >= 11 is 5.81. The molecule has 2 amide bonds. The van der Waals surface area contributed by atoms with Crippen LogP contribution in [0.4, 0.5) is 10.5 Å². The van der Waals surface area contributed by atoms with Crippen LogP contribution in [0.2, 0.25) is 5.15 Å². The SMILES string of the molecule is CC(C)(C)OC(=O)NCCNC(=O)c1cc(N)cnc1Cl. The van der Waals surface area contributed by atoms with Crippen molar-refractivity contribution in [1.82, 2.24) is 15.6 Å². The van der Waals surface area contributed by atoms with Gasteiger partial charge >= 0.3 is 6.09 Å². The molecule has 0 fully saturated rings. The number of nitrogens with two attached hydrogens (primary N) is 1. The number of amides is 2. The fraction of sp³-hybridized carbons (Fsp3) is 0.462. The molecule has 0 aliphatic rings. The lowest BCUT2D eigenvalue weighted by atomic mass is 10.2. The molecule has 1 rings (SSSR count). The molecule has 8 heteroatoms. The Kier molecular flexibility index (Phi) is 5.78. The molecule has 0 spiro atoms. The van der Waals surface area contributed by atoms with Gasteiger partial charge in [0.25, 0.3) is 5.91 Å². The molecular formula is C13H19ClN4O3. The van der Waals surface area contributed by atoms with Gasteiger partial charge in [0, 0.05) is 13.1 Å². The molecule has 0 aliphatic heterocycles. The molecule has 0 saturated heterocycles. The second kappa shape index (κ2) is 7.12. The second-order valence-corrected chi connectivity index (χ2v) is 5.65. The van der Waals surface area contributed by atoms with E-state index in [4.69, 9.17) is 22.1 Å². The molecular weight excluding hydrogens is 296 g/mol. The van der Waals surface area contributed by atoms with Crippen LogP contribution in [0.5, 0.6) is 0 Å². The molecule has 0 atom stereocenters. The topological polar surface area (TPSA) is 106 Å². The normalized spacial score (nSPS) is 10.9. The molecule has 1 aromatic rings. The van der Waals surface area contributed by atoms with Gasteiger partial charge in [0.05, 0.1) is 17.4 Å². The Morgan fingerprint density at radius 1 is 1.33 bits per heavy atom. The third kappa shape index (κ3) is 6.31. The number of anilines is 1. The van der Waals surface area contributed by atoms with Crippen molar-refractivity contribution in [2.75, 3.05) is 18.8 Å². The Bertz CT molecular complexity index is 529. The van der Waals surface area contributed by atoms with E-state index in [9.17, 15) is 9.59 Å². The number of alkyl carbamates (subject to hydrolysis) is 1. The summed E-state index contributed by atoms with van der Waals surface area (Å²) in [4.78, 5) is 27.0. The first-order valence-corrected chi connectivity index (χ1v) is 6.73. The van der Waals surface area contributed by atoms with Crippen molar-refractivity contribution in [2.24, 2.45) is 0 Å². The highest BCUT2D eigenvalue weighted by atomic mass is 35.5. The average molecular weight is 315 g/mol. The molecule has 0 bridgehead atoms. The lowest BCUT2D eigenvalue weighted by Gasteiger charge is -2.19. The number of aromatic nitrogens is 1. The largest absolute Gasteiger partial charge is 0.444 e. The van der Waals surface area contributed by atoms with Crippen molar-refractivity contribution in [3.63, 3.8) is 0 Å². The predicted molar refractivity (Wildman–Crippen MR) is 80.2 cm³/mol. The highest BCUT2D eigenvalue weighted by Crippen LogP contribution is 2.15. The minimum absolute atomic E-state index is 0.0711. The van der Waals surface area contributed by atoms with E-state index >= 15 is 0 Å². The van der Waals surface area contributed by atoms with Crippen molar-refractivity contribution in [3.8, 4) is 0 Å². The Morgan fingerprint density at radius 2 is 1.95 bits per heavy atom. The van der Waals surface area contributed by atoms with Crippen molar-refractivity contribution in [2.45, 2.75) is 26.4 Å². The molecule has 0 aliphatic carbocycles. The summed E-state index contributed by atoms with van der Waals surface area (Å²) in [6.07, 6.45) is 0.823. The van der Waals surface area contributed by atoms with Gasteiger partial charge in [-0.25, -0.2) is 9.78 Å². The second-order valence-electron chi connectivity index (χ2n) is 5.29. The lowest BCUT2D eigenvalue weighted by Crippen LogP contribution is -2.37. The van der Waals surface area contributed by atoms with Crippen LogP contribution in [-0.4, -0.2) is 35.7 Å². The fourth-order valence-electron chi connectivity index (χ4n) is 1.37. The Morgan fingerprint density at radius 3 is 2.57 bits per heavy atom.